The van der Waals surface area contributed by atoms with Crippen LogP contribution in [0.3, 0.4) is 0 Å². The van der Waals surface area contributed by atoms with E-state index in [9.17, 15) is 14.4 Å². The first-order valence-corrected chi connectivity index (χ1v) is 6.94. The minimum absolute atomic E-state index is 0.0431. The van der Waals surface area contributed by atoms with Crippen molar-refractivity contribution in [2.75, 3.05) is 0 Å². The standard InChI is InChI=1S/C16H9N3O5/c20-14-9-4-1-2-5-10(9)15(21)19(14)24-16(22)11-8-17-18-13(11)12-6-3-7-23-12/h1-8H,(H,17,18). The number of hydrogen-bond donors (Lipinski definition) is 1. The summed E-state index contributed by atoms with van der Waals surface area (Å²) in [6, 6.07) is 9.52. The number of rotatable bonds is 3. The maximum absolute atomic E-state index is 12.3. The number of amides is 2. The van der Waals surface area contributed by atoms with Gasteiger partial charge in [0.2, 0.25) is 0 Å². The zero-order valence-corrected chi connectivity index (χ0v) is 12.1. The molecule has 3 aromatic rings. The summed E-state index contributed by atoms with van der Waals surface area (Å²) in [7, 11) is 0. The number of imide groups is 1. The van der Waals surface area contributed by atoms with Gasteiger partial charge in [-0.05, 0) is 24.3 Å². The molecule has 0 unspecified atom stereocenters. The van der Waals surface area contributed by atoms with Crippen LogP contribution in [-0.2, 0) is 4.84 Å². The van der Waals surface area contributed by atoms with Crippen LogP contribution in [0.15, 0.2) is 53.3 Å². The Labute approximate surface area is 134 Å². The molecular formula is C16H9N3O5. The Balaban J connectivity index is 1.62. The van der Waals surface area contributed by atoms with Crippen molar-refractivity contribution in [1.29, 1.82) is 0 Å². The van der Waals surface area contributed by atoms with Gasteiger partial charge < -0.3 is 9.25 Å². The number of nitrogens with one attached hydrogen (secondary N) is 1. The number of hydroxylamine groups is 2. The molecule has 0 fully saturated rings. The average Bonchev–Trinajstić information content (AvgIpc) is 3.31. The number of hydrogen-bond acceptors (Lipinski definition) is 6. The molecule has 2 aromatic heterocycles. The first-order valence-electron chi connectivity index (χ1n) is 6.94. The van der Waals surface area contributed by atoms with Crippen molar-refractivity contribution in [1.82, 2.24) is 15.3 Å². The van der Waals surface area contributed by atoms with Crippen LogP contribution < -0.4 is 0 Å². The van der Waals surface area contributed by atoms with E-state index < -0.39 is 17.8 Å². The van der Waals surface area contributed by atoms with Crippen LogP contribution in [0, 0.1) is 0 Å². The van der Waals surface area contributed by atoms with Crippen molar-refractivity contribution in [3.8, 4) is 11.5 Å². The van der Waals surface area contributed by atoms with Crippen LogP contribution >= 0.6 is 0 Å². The van der Waals surface area contributed by atoms with Crippen molar-refractivity contribution in [3.63, 3.8) is 0 Å². The molecule has 0 atom stereocenters. The number of aromatic amines is 1. The van der Waals surface area contributed by atoms with E-state index in [4.69, 9.17) is 9.25 Å². The van der Waals surface area contributed by atoms with Crippen molar-refractivity contribution in [2.24, 2.45) is 0 Å². The third-order valence-electron chi connectivity index (χ3n) is 3.56. The third-order valence-corrected chi connectivity index (χ3v) is 3.56. The zero-order valence-electron chi connectivity index (χ0n) is 12.1. The summed E-state index contributed by atoms with van der Waals surface area (Å²) < 4.78 is 5.21. The molecule has 8 nitrogen and oxygen atoms in total. The highest BCUT2D eigenvalue weighted by Crippen LogP contribution is 2.26. The lowest BCUT2D eigenvalue weighted by molar-refractivity contribution is -0.0584. The smallest absolute Gasteiger partial charge is 0.367 e. The van der Waals surface area contributed by atoms with E-state index in [0.717, 1.165) is 0 Å². The van der Waals surface area contributed by atoms with Gasteiger partial charge >= 0.3 is 5.97 Å². The highest BCUT2D eigenvalue weighted by molar-refractivity contribution is 6.21. The molecule has 118 valence electrons. The number of carbonyl (C=O) groups is 3. The van der Waals surface area contributed by atoms with Crippen LogP contribution in [0.4, 0.5) is 0 Å². The fourth-order valence-corrected chi connectivity index (χ4v) is 2.43. The normalized spacial score (nSPS) is 13.2. The molecule has 4 rings (SSSR count). The molecule has 0 radical (unpaired) electrons. The van der Waals surface area contributed by atoms with Gasteiger partial charge in [-0.1, -0.05) is 17.2 Å². The number of benzene rings is 1. The fraction of sp³-hybridized carbons (Fsp3) is 0. The van der Waals surface area contributed by atoms with E-state index in [2.05, 4.69) is 10.2 Å². The lowest BCUT2D eigenvalue weighted by atomic mass is 10.1. The molecule has 1 aliphatic rings. The minimum atomic E-state index is -0.898. The summed E-state index contributed by atoms with van der Waals surface area (Å²) in [5, 5.41) is 6.85. The molecule has 0 saturated heterocycles. The number of furan rings is 1. The monoisotopic (exact) mass is 323 g/mol. The van der Waals surface area contributed by atoms with Crippen LogP contribution in [0.2, 0.25) is 0 Å². The van der Waals surface area contributed by atoms with Gasteiger partial charge in [-0.15, -0.1) is 0 Å². The number of H-pyrrole nitrogens is 1. The molecule has 24 heavy (non-hydrogen) atoms. The maximum Gasteiger partial charge on any atom is 0.367 e. The molecule has 1 aliphatic heterocycles. The predicted molar refractivity (Wildman–Crippen MR) is 78.6 cm³/mol. The number of aromatic nitrogens is 2. The van der Waals surface area contributed by atoms with Crippen LogP contribution in [0.5, 0.6) is 0 Å². The Morgan fingerprint density at radius 2 is 1.79 bits per heavy atom. The SMILES string of the molecule is O=C(ON1C(=O)c2ccccc2C1=O)c1cn[nH]c1-c1ccco1. The van der Waals surface area contributed by atoms with E-state index in [1.807, 2.05) is 0 Å². The summed E-state index contributed by atoms with van der Waals surface area (Å²) in [5.74, 6) is -1.90. The summed E-state index contributed by atoms with van der Waals surface area (Å²) >= 11 is 0. The van der Waals surface area contributed by atoms with Gasteiger partial charge in [-0.25, -0.2) is 4.79 Å². The quantitative estimate of drug-likeness (QED) is 0.739. The first kappa shape index (κ1) is 13.9. The molecule has 0 bridgehead atoms. The lowest BCUT2D eigenvalue weighted by Crippen LogP contribution is -2.32. The topological polar surface area (TPSA) is 105 Å². The van der Waals surface area contributed by atoms with E-state index in [-0.39, 0.29) is 16.7 Å². The summed E-state index contributed by atoms with van der Waals surface area (Å²) in [6.45, 7) is 0. The average molecular weight is 323 g/mol. The van der Waals surface area contributed by atoms with E-state index >= 15 is 0 Å². The van der Waals surface area contributed by atoms with Gasteiger partial charge in [-0.2, -0.15) is 5.10 Å². The molecular weight excluding hydrogens is 314 g/mol. The third kappa shape index (κ3) is 2.01. The number of carbonyl (C=O) groups excluding carboxylic acids is 3. The van der Waals surface area contributed by atoms with Gasteiger partial charge in [0.15, 0.2) is 5.76 Å². The minimum Gasteiger partial charge on any atom is -0.463 e. The van der Waals surface area contributed by atoms with Crippen molar-refractivity contribution in [2.45, 2.75) is 0 Å². The second-order valence-corrected chi connectivity index (χ2v) is 4.96. The number of nitrogens with zero attached hydrogens (tertiary/aromatic N) is 2. The molecule has 0 aliphatic carbocycles. The van der Waals surface area contributed by atoms with Gasteiger partial charge in [0.1, 0.15) is 11.3 Å². The Kier molecular flexibility index (Phi) is 3.02. The Morgan fingerprint density at radius 1 is 1.08 bits per heavy atom. The molecule has 1 aromatic carbocycles. The second kappa shape index (κ2) is 5.20. The summed E-state index contributed by atoms with van der Waals surface area (Å²) in [6.07, 6.45) is 2.67. The van der Waals surface area contributed by atoms with Crippen molar-refractivity contribution >= 4 is 17.8 Å². The Morgan fingerprint density at radius 3 is 2.42 bits per heavy atom. The maximum atomic E-state index is 12.3. The van der Waals surface area contributed by atoms with E-state index in [1.165, 1.54) is 24.6 Å². The Hall–Kier alpha value is -3.68. The van der Waals surface area contributed by atoms with Crippen molar-refractivity contribution < 1.29 is 23.6 Å². The highest BCUT2D eigenvalue weighted by Gasteiger charge is 2.39. The van der Waals surface area contributed by atoms with Crippen LogP contribution in [-0.4, -0.2) is 33.0 Å². The van der Waals surface area contributed by atoms with Crippen LogP contribution in [0.25, 0.3) is 11.5 Å². The summed E-state index contributed by atoms with van der Waals surface area (Å²) in [4.78, 5) is 41.8. The van der Waals surface area contributed by atoms with E-state index in [1.54, 1.807) is 24.3 Å². The molecule has 1 N–H and O–H groups in total. The lowest BCUT2D eigenvalue weighted by Gasteiger charge is -2.12. The second-order valence-electron chi connectivity index (χ2n) is 4.96. The summed E-state index contributed by atoms with van der Waals surface area (Å²) in [5.41, 5.74) is 0.714. The molecule has 8 heteroatoms. The molecule has 0 spiro atoms. The molecule has 3 heterocycles. The predicted octanol–water partition coefficient (Wildman–Crippen LogP) is 2.04. The van der Waals surface area contributed by atoms with E-state index in [0.29, 0.717) is 16.5 Å². The van der Waals surface area contributed by atoms with Crippen molar-refractivity contribution in [3.05, 3.63) is 65.5 Å². The fourth-order valence-electron chi connectivity index (χ4n) is 2.43. The highest BCUT2D eigenvalue weighted by atomic mass is 16.7. The Bertz CT molecular complexity index is 923. The van der Waals surface area contributed by atoms with Gasteiger partial charge in [0, 0.05) is 0 Å². The van der Waals surface area contributed by atoms with Crippen LogP contribution in [0.1, 0.15) is 31.1 Å². The van der Waals surface area contributed by atoms with Gasteiger partial charge in [0.25, 0.3) is 11.8 Å². The first-order chi connectivity index (χ1) is 11.7. The molecule has 2 amide bonds. The van der Waals surface area contributed by atoms with Gasteiger partial charge in [0.05, 0.1) is 23.6 Å². The molecule has 0 saturated carbocycles. The number of fused-ring (bicyclic) bond motifs is 1. The zero-order chi connectivity index (χ0) is 16.7. The largest absolute Gasteiger partial charge is 0.463 e. The van der Waals surface area contributed by atoms with Gasteiger partial charge in [-0.3, -0.25) is 14.7 Å².